The van der Waals surface area contributed by atoms with Gasteiger partial charge in [0.1, 0.15) is 11.7 Å². The first kappa shape index (κ1) is 29.2. The molecule has 208 valence electrons. The monoisotopic (exact) mass is 538 g/mol. The second kappa shape index (κ2) is 11.2. The van der Waals surface area contributed by atoms with Crippen LogP contribution in [0, 0.1) is 11.7 Å². The van der Waals surface area contributed by atoms with Gasteiger partial charge in [0.25, 0.3) is 0 Å². The maximum Gasteiger partial charge on any atom is 0.414 e. The molecule has 37 heavy (non-hydrogen) atoms. The van der Waals surface area contributed by atoms with Crippen molar-refractivity contribution < 1.29 is 32.6 Å². The fourth-order valence-corrected chi connectivity index (χ4v) is 4.96. The summed E-state index contributed by atoms with van der Waals surface area (Å²) in [5.74, 6) is -0.172. The number of rotatable bonds is 7. The third kappa shape index (κ3) is 7.83. The molecule has 0 radical (unpaired) electrons. The van der Waals surface area contributed by atoms with Crippen molar-refractivity contribution in [3.05, 3.63) is 24.0 Å². The Hall–Kier alpha value is -2.33. The number of piperidine rings is 1. The Bertz CT molecular complexity index is 967. The summed E-state index contributed by atoms with van der Waals surface area (Å²) in [4.78, 5) is 27.8. The van der Waals surface area contributed by atoms with Gasteiger partial charge in [-0.15, -0.1) is 0 Å². The molecule has 2 aliphatic rings. The van der Waals surface area contributed by atoms with Crippen LogP contribution < -0.4 is 9.64 Å². The summed E-state index contributed by atoms with van der Waals surface area (Å²) in [6, 6.07) is 4.52. The van der Waals surface area contributed by atoms with Crippen LogP contribution in [0.2, 0.25) is 18.1 Å². The van der Waals surface area contributed by atoms with Crippen LogP contribution in [-0.4, -0.2) is 70.0 Å². The van der Waals surface area contributed by atoms with E-state index in [9.17, 15) is 14.0 Å². The first-order valence-corrected chi connectivity index (χ1v) is 16.0. The quantitative estimate of drug-likeness (QED) is 0.385. The zero-order valence-corrected chi connectivity index (χ0v) is 24.6. The van der Waals surface area contributed by atoms with Gasteiger partial charge in [0.15, 0.2) is 19.9 Å². The first-order chi connectivity index (χ1) is 17.1. The standard InChI is InChI=1S/C27H43FN2O6Si/c1-26(2,3)36-24(31)29-13-11-19(12-14-29)17-33-23-10-9-20(15-22(23)28)30-16-21(35-25(30)32)18-34-37(7,8)27(4,5)6/h9-10,15,19,21H,11-14,16-18H2,1-8H3/t21-/m1/s1. The molecule has 0 aromatic heterocycles. The van der Waals surface area contributed by atoms with E-state index in [0.29, 0.717) is 38.5 Å². The zero-order valence-electron chi connectivity index (χ0n) is 23.6. The summed E-state index contributed by atoms with van der Waals surface area (Å²) < 4.78 is 37.7. The minimum absolute atomic E-state index is 0.0589. The number of hydrogen-bond donors (Lipinski definition) is 0. The van der Waals surface area contributed by atoms with Crippen molar-refractivity contribution in [3.63, 3.8) is 0 Å². The third-order valence-corrected chi connectivity index (χ3v) is 11.8. The van der Waals surface area contributed by atoms with Crippen LogP contribution >= 0.6 is 0 Å². The SMILES string of the molecule is CC(C)(C)OC(=O)N1CCC(COc2ccc(N3C[C@H](CO[Si](C)(C)C(C)(C)C)OC3=O)cc2F)CC1. The van der Waals surface area contributed by atoms with Crippen LogP contribution in [0.1, 0.15) is 54.4 Å². The molecule has 2 aliphatic heterocycles. The number of benzene rings is 1. The molecule has 0 aliphatic carbocycles. The van der Waals surface area contributed by atoms with Crippen LogP contribution in [0.3, 0.4) is 0 Å². The highest BCUT2D eigenvalue weighted by Gasteiger charge is 2.40. The average Bonchev–Trinajstić information content (AvgIpc) is 3.16. The van der Waals surface area contributed by atoms with Crippen LogP contribution in [-0.2, 0) is 13.9 Å². The molecule has 2 heterocycles. The topological polar surface area (TPSA) is 77.5 Å². The zero-order chi connectivity index (χ0) is 27.6. The van der Waals surface area contributed by atoms with E-state index in [1.165, 1.54) is 11.0 Å². The van der Waals surface area contributed by atoms with Crippen LogP contribution in [0.15, 0.2) is 18.2 Å². The maximum atomic E-state index is 14.9. The molecule has 2 fully saturated rings. The van der Waals surface area contributed by atoms with Crippen LogP contribution in [0.4, 0.5) is 19.7 Å². The molecule has 2 amide bonds. The van der Waals surface area contributed by atoms with E-state index < -0.39 is 31.9 Å². The second-order valence-electron chi connectivity index (χ2n) is 12.5. The molecule has 10 heteroatoms. The maximum absolute atomic E-state index is 14.9. The van der Waals surface area contributed by atoms with Crippen molar-refractivity contribution in [1.29, 1.82) is 0 Å². The highest BCUT2D eigenvalue weighted by Crippen LogP contribution is 2.37. The highest BCUT2D eigenvalue weighted by atomic mass is 28.4. The molecule has 0 bridgehead atoms. The van der Waals surface area contributed by atoms with Gasteiger partial charge in [-0.05, 0) is 69.8 Å². The Morgan fingerprint density at radius 3 is 2.32 bits per heavy atom. The van der Waals surface area contributed by atoms with Crippen molar-refractivity contribution in [2.45, 2.75) is 84.2 Å². The smallest absolute Gasteiger partial charge is 0.414 e. The lowest BCUT2D eigenvalue weighted by molar-refractivity contribution is 0.0164. The van der Waals surface area contributed by atoms with E-state index >= 15 is 0 Å². The summed E-state index contributed by atoms with van der Waals surface area (Å²) in [5.41, 5.74) is -0.0956. The van der Waals surface area contributed by atoms with Gasteiger partial charge in [0, 0.05) is 19.2 Å². The molecule has 8 nitrogen and oxygen atoms in total. The van der Waals surface area contributed by atoms with E-state index in [1.807, 2.05) is 20.8 Å². The molecule has 0 N–H and O–H groups in total. The minimum Gasteiger partial charge on any atom is -0.490 e. The van der Waals surface area contributed by atoms with E-state index in [-0.39, 0.29) is 22.8 Å². The third-order valence-electron chi connectivity index (χ3n) is 7.28. The Kier molecular flexibility index (Phi) is 8.84. The molecule has 0 saturated carbocycles. The largest absolute Gasteiger partial charge is 0.490 e. The highest BCUT2D eigenvalue weighted by molar-refractivity contribution is 6.74. The average molecular weight is 539 g/mol. The Balaban J connectivity index is 1.49. The number of likely N-dealkylation sites (tertiary alicyclic amines) is 1. The van der Waals surface area contributed by atoms with E-state index in [4.69, 9.17) is 18.6 Å². The van der Waals surface area contributed by atoms with Crippen LogP contribution in [0.25, 0.3) is 0 Å². The number of cyclic esters (lactones) is 1. The molecule has 0 unspecified atom stereocenters. The van der Waals surface area contributed by atoms with Gasteiger partial charge in [-0.25, -0.2) is 14.0 Å². The van der Waals surface area contributed by atoms with Gasteiger partial charge in [0.2, 0.25) is 0 Å². The lowest BCUT2D eigenvalue weighted by Gasteiger charge is -2.36. The van der Waals surface area contributed by atoms with Crippen molar-refractivity contribution in [2.24, 2.45) is 5.92 Å². The number of amides is 2. The normalized spacial score (nSPS) is 19.7. The van der Waals surface area contributed by atoms with Crippen molar-refractivity contribution in [3.8, 4) is 5.75 Å². The molecule has 2 saturated heterocycles. The lowest BCUT2D eigenvalue weighted by atomic mass is 9.98. The van der Waals surface area contributed by atoms with Gasteiger partial charge in [-0.1, -0.05) is 20.8 Å². The number of carbonyl (C=O) groups is 2. The number of halogens is 1. The van der Waals surface area contributed by atoms with E-state index in [2.05, 4.69) is 33.9 Å². The predicted octanol–water partition coefficient (Wildman–Crippen LogP) is 6.20. The summed E-state index contributed by atoms with van der Waals surface area (Å²) in [5, 5.41) is 0.0589. The number of hydrogen-bond acceptors (Lipinski definition) is 6. The van der Waals surface area contributed by atoms with Crippen LogP contribution in [0.5, 0.6) is 5.75 Å². The molecule has 0 spiro atoms. The molecular weight excluding hydrogens is 495 g/mol. The molecule has 1 atom stereocenters. The summed E-state index contributed by atoms with van der Waals surface area (Å²) in [7, 11) is -1.97. The minimum atomic E-state index is -1.97. The van der Waals surface area contributed by atoms with Gasteiger partial charge in [-0.3, -0.25) is 4.90 Å². The Labute approximate surface area is 221 Å². The Morgan fingerprint density at radius 1 is 1.11 bits per heavy atom. The number of ether oxygens (including phenoxy) is 3. The van der Waals surface area contributed by atoms with Gasteiger partial charge < -0.3 is 23.5 Å². The lowest BCUT2D eigenvalue weighted by Crippen LogP contribution is -2.43. The second-order valence-corrected chi connectivity index (χ2v) is 17.3. The number of nitrogens with zero attached hydrogens (tertiary/aromatic N) is 2. The van der Waals surface area contributed by atoms with Gasteiger partial charge >= 0.3 is 12.2 Å². The number of anilines is 1. The van der Waals surface area contributed by atoms with Gasteiger partial charge in [0.05, 0.1) is 25.4 Å². The fraction of sp³-hybridized carbons (Fsp3) is 0.704. The van der Waals surface area contributed by atoms with E-state index in [1.54, 1.807) is 17.0 Å². The molecule has 1 aromatic rings. The fourth-order valence-electron chi connectivity index (χ4n) is 3.93. The molecule has 3 rings (SSSR count). The molecule has 1 aromatic carbocycles. The van der Waals surface area contributed by atoms with E-state index in [0.717, 1.165) is 12.8 Å². The summed E-state index contributed by atoms with van der Waals surface area (Å²) in [6.07, 6.45) is 0.317. The first-order valence-electron chi connectivity index (χ1n) is 13.1. The molecular formula is C27H43FN2O6Si. The van der Waals surface area contributed by atoms with Gasteiger partial charge in [-0.2, -0.15) is 0 Å². The van der Waals surface area contributed by atoms with Crippen molar-refractivity contribution in [1.82, 2.24) is 4.90 Å². The Morgan fingerprint density at radius 2 is 1.76 bits per heavy atom. The summed E-state index contributed by atoms with van der Waals surface area (Å²) >= 11 is 0. The van der Waals surface area contributed by atoms with Crippen molar-refractivity contribution >= 4 is 26.2 Å². The van der Waals surface area contributed by atoms with Crippen molar-refractivity contribution in [2.75, 3.05) is 37.7 Å². The predicted molar refractivity (Wildman–Crippen MR) is 143 cm³/mol. The summed E-state index contributed by atoms with van der Waals surface area (Å²) in [6.45, 7) is 18.5. The number of carbonyl (C=O) groups excluding carboxylic acids is 2.